The highest BCUT2D eigenvalue weighted by molar-refractivity contribution is 14.1. The number of allylic oxidation sites excluding steroid dienone is 2. The molecule has 0 aliphatic heterocycles. The van der Waals surface area contributed by atoms with E-state index in [0.29, 0.717) is 6.04 Å². The van der Waals surface area contributed by atoms with Crippen LogP contribution in [0.4, 0.5) is 0 Å². The molecule has 1 nitrogen and oxygen atoms in total. The van der Waals surface area contributed by atoms with Gasteiger partial charge in [0, 0.05) is 9.97 Å². The molecule has 3 saturated carbocycles. The Morgan fingerprint density at radius 3 is 2.50 bits per heavy atom. The van der Waals surface area contributed by atoms with E-state index in [1.165, 1.54) is 57.8 Å². The van der Waals surface area contributed by atoms with Crippen molar-refractivity contribution >= 4 is 22.6 Å². The molecule has 9 atom stereocenters. The Kier molecular flexibility index (Phi) is 7.55. The van der Waals surface area contributed by atoms with Gasteiger partial charge in [-0.3, -0.25) is 0 Å². The van der Waals surface area contributed by atoms with Gasteiger partial charge in [-0.15, -0.1) is 0 Å². The lowest BCUT2D eigenvalue weighted by Crippen LogP contribution is -2.50. The molecule has 0 saturated heterocycles. The molecule has 3 fully saturated rings. The van der Waals surface area contributed by atoms with E-state index in [2.05, 4.69) is 56.4 Å². The van der Waals surface area contributed by atoms with Crippen LogP contribution in [-0.4, -0.2) is 9.97 Å². The first-order valence-electron chi connectivity index (χ1n) is 11.5. The molecular formula is C24H42IN. The van der Waals surface area contributed by atoms with Gasteiger partial charge in [-0.05, 0) is 80.0 Å². The highest BCUT2D eigenvalue weighted by Gasteiger charge is 2.57. The van der Waals surface area contributed by atoms with E-state index in [4.69, 9.17) is 5.73 Å². The van der Waals surface area contributed by atoms with Crippen molar-refractivity contribution in [1.82, 2.24) is 0 Å². The highest BCUT2D eigenvalue weighted by atomic mass is 127. The zero-order valence-corrected chi connectivity index (χ0v) is 19.8. The maximum atomic E-state index is 6.30. The summed E-state index contributed by atoms with van der Waals surface area (Å²) in [5.74, 6) is 6.54. The minimum absolute atomic E-state index is 0.511. The number of nitrogens with two attached hydrogens (primary N) is 1. The SMILES string of the molecule is CCCC/C=C(/CCC1CC1CC)CC1C(C)C(C(C)I)C1C1CC1N. The third kappa shape index (κ3) is 4.88. The summed E-state index contributed by atoms with van der Waals surface area (Å²) < 4.78 is 0.793. The fourth-order valence-corrected chi connectivity index (χ4v) is 7.22. The molecule has 3 aliphatic rings. The topological polar surface area (TPSA) is 26.0 Å². The van der Waals surface area contributed by atoms with E-state index < -0.39 is 0 Å². The summed E-state index contributed by atoms with van der Waals surface area (Å²) in [6.45, 7) is 9.64. The van der Waals surface area contributed by atoms with E-state index in [1.54, 1.807) is 5.57 Å². The summed E-state index contributed by atoms with van der Waals surface area (Å²) in [5.41, 5.74) is 8.10. The Morgan fingerprint density at radius 1 is 1.23 bits per heavy atom. The summed E-state index contributed by atoms with van der Waals surface area (Å²) in [6, 6.07) is 0.511. The van der Waals surface area contributed by atoms with Gasteiger partial charge < -0.3 is 5.73 Å². The summed E-state index contributed by atoms with van der Waals surface area (Å²) in [6.07, 6.45) is 15.0. The van der Waals surface area contributed by atoms with Gasteiger partial charge in [-0.2, -0.15) is 0 Å². The van der Waals surface area contributed by atoms with Crippen LogP contribution in [0.15, 0.2) is 11.6 Å². The number of alkyl halides is 1. The lowest BCUT2D eigenvalue weighted by atomic mass is 9.53. The predicted octanol–water partition coefficient (Wildman–Crippen LogP) is 6.99. The first-order chi connectivity index (χ1) is 12.5. The van der Waals surface area contributed by atoms with Crippen LogP contribution in [0.25, 0.3) is 0 Å². The number of unbranched alkanes of at least 4 members (excludes halogenated alkanes) is 2. The van der Waals surface area contributed by atoms with E-state index in [-0.39, 0.29) is 0 Å². The average Bonchev–Trinajstić information content (AvgIpc) is 3.51. The Hall–Kier alpha value is 0.430. The molecule has 0 bridgehead atoms. The van der Waals surface area contributed by atoms with Crippen molar-refractivity contribution < 1.29 is 0 Å². The molecule has 150 valence electrons. The lowest BCUT2D eigenvalue weighted by molar-refractivity contribution is -0.0231. The third-order valence-electron chi connectivity index (χ3n) is 8.06. The first-order valence-corrected chi connectivity index (χ1v) is 12.8. The average molecular weight is 472 g/mol. The zero-order valence-electron chi connectivity index (χ0n) is 17.6. The Bertz CT molecular complexity index is 485. The van der Waals surface area contributed by atoms with Crippen molar-refractivity contribution in [2.75, 3.05) is 0 Å². The quantitative estimate of drug-likeness (QED) is 0.149. The minimum atomic E-state index is 0.511. The highest BCUT2D eigenvalue weighted by Crippen LogP contribution is 2.60. The Balaban J connectivity index is 1.60. The summed E-state index contributed by atoms with van der Waals surface area (Å²) in [7, 11) is 0. The van der Waals surface area contributed by atoms with Crippen LogP contribution in [-0.2, 0) is 0 Å². The third-order valence-corrected chi connectivity index (χ3v) is 8.89. The van der Waals surface area contributed by atoms with Gasteiger partial charge in [-0.25, -0.2) is 0 Å². The van der Waals surface area contributed by atoms with E-state index in [1.807, 2.05) is 0 Å². The molecule has 3 rings (SSSR count). The van der Waals surface area contributed by atoms with E-state index in [9.17, 15) is 0 Å². The maximum Gasteiger partial charge on any atom is 0.0115 e. The second-order valence-electron chi connectivity index (χ2n) is 9.83. The molecule has 0 aromatic heterocycles. The van der Waals surface area contributed by atoms with Gasteiger partial charge in [0.05, 0.1) is 0 Å². The maximum absolute atomic E-state index is 6.30. The fraction of sp³-hybridized carbons (Fsp3) is 0.917. The van der Waals surface area contributed by atoms with Crippen molar-refractivity contribution in [1.29, 1.82) is 0 Å². The number of hydrogen-bond acceptors (Lipinski definition) is 1. The molecule has 26 heavy (non-hydrogen) atoms. The van der Waals surface area contributed by atoms with Gasteiger partial charge in [0.2, 0.25) is 0 Å². The molecule has 0 aromatic carbocycles. The largest absolute Gasteiger partial charge is 0.327 e. The van der Waals surface area contributed by atoms with E-state index >= 15 is 0 Å². The molecule has 0 aromatic rings. The molecule has 0 amide bonds. The van der Waals surface area contributed by atoms with Gasteiger partial charge in [-0.1, -0.05) is 81.2 Å². The molecular weight excluding hydrogens is 429 g/mol. The van der Waals surface area contributed by atoms with Crippen molar-refractivity contribution in [3.8, 4) is 0 Å². The second-order valence-corrected chi connectivity index (χ2v) is 11.8. The van der Waals surface area contributed by atoms with Crippen LogP contribution in [0.1, 0.15) is 85.5 Å². The van der Waals surface area contributed by atoms with Crippen molar-refractivity contribution in [2.45, 2.75) is 95.4 Å². The minimum Gasteiger partial charge on any atom is -0.327 e. The molecule has 0 radical (unpaired) electrons. The number of hydrogen-bond donors (Lipinski definition) is 1. The molecule has 2 heteroatoms. The van der Waals surface area contributed by atoms with Crippen LogP contribution in [0, 0.1) is 41.4 Å². The Morgan fingerprint density at radius 2 is 1.96 bits per heavy atom. The monoisotopic (exact) mass is 471 g/mol. The predicted molar refractivity (Wildman–Crippen MR) is 123 cm³/mol. The number of halogens is 1. The van der Waals surface area contributed by atoms with Crippen LogP contribution in [0.2, 0.25) is 0 Å². The molecule has 3 aliphatic carbocycles. The first kappa shape index (κ1) is 21.1. The molecule has 0 heterocycles. The fourth-order valence-electron chi connectivity index (χ4n) is 6.09. The second kappa shape index (κ2) is 9.29. The van der Waals surface area contributed by atoms with Crippen molar-refractivity contribution in [3.63, 3.8) is 0 Å². The standard InChI is InChI=1S/C24H42IN/c1-5-7-8-9-17(10-11-19-13-18(19)6-2)12-20-15(3)23(16(4)25)24(20)21-14-22(21)26/h9,15-16,18-24H,5-8,10-14,26H2,1-4H3/b17-9-. The number of rotatable bonds is 11. The molecule has 9 unspecified atom stereocenters. The van der Waals surface area contributed by atoms with Gasteiger partial charge in [0.15, 0.2) is 0 Å². The summed E-state index contributed by atoms with van der Waals surface area (Å²) in [4.78, 5) is 0. The molecule has 2 N–H and O–H groups in total. The van der Waals surface area contributed by atoms with Crippen LogP contribution >= 0.6 is 22.6 Å². The summed E-state index contributed by atoms with van der Waals surface area (Å²) >= 11 is 2.67. The van der Waals surface area contributed by atoms with Crippen molar-refractivity contribution in [2.24, 2.45) is 47.2 Å². The van der Waals surface area contributed by atoms with Gasteiger partial charge in [0.1, 0.15) is 0 Å². The zero-order chi connectivity index (χ0) is 18.8. The van der Waals surface area contributed by atoms with E-state index in [0.717, 1.165) is 45.3 Å². The normalized spacial score (nSPS) is 43.1. The Labute approximate surface area is 176 Å². The molecule has 0 spiro atoms. The van der Waals surface area contributed by atoms with Crippen LogP contribution in [0.3, 0.4) is 0 Å². The van der Waals surface area contributed by atoms with Gasteiger partial charge in [0.25, 0.3) is 0 Å². The smallest absolute Gasteiger partial charge is 0.0115 e. The van der Waals surface area contributed by atoms with Crippen molar-refractivity contribution in [3.05, 3.63) is 11.6 Å². The van der Waals surface area contributed by atoms with Crippen LogP contribution < -0.4 is 5.73 Å². The summed E-state index contributed by atoms with van der Waals surface area (Å²) in [5, 5.41) is 0. The van der Waals surface area contributed by atoms with Crippen LogP contribution in [0.5, 0.6) is 0 Å². The van der Waals surface area contributed by atoms with Gasteiger partial charge >= 0.3 is 0 Å². The lowest BCUT2D eigenvalue weighted by Gasteiger charge is -2.54.